The van der Waals surface area contributed by atoms with Crippen molar-refractivity contribution in [3.63, 3.8) is 0 Å². The lowest BCUT2D eigenvalue weighted by atomic mass is 10.0. The van der Waals surface area contributed by atoms with E-state index < -0.39 is 5.54 Å². The van der Waals surface area contributed by atoms with Crippen molar-refractivity contribution in [2.24, 2.45) is 0 Å². The molecule has 39 heavy (non-hydrogen) atoms. The Morgan fingerprint density at radius 2 is 2.00 bits per heavy atom. The third kappa shape index (κ3) is 4.62. The highest BCUT2D eigenvalue weighted by atomic mass is 16.3. The van der Waals surface area contributed by atoms with Crippen LogP contribution in [0.2, 0.25) is 0 Å². The molecule has 1 aliphatic carbocycles. The van der Waals surface area contributed by atoms with E-state index in [0.717, 1.165) is 37.1 Å². The molecule has 1 saturated heterocycles. The highest BCUT2D eigenvalue weighted by Crippen LogP contribution is 2.43. The van der Waals surface area contributed by atoms with Gasteiger partial charge in [0.2, 0.25) is 17.8 Å². The van der Waals surface area contributed by atoms with Gasteiger partial charge in [-0.15, -0.1) is 0 Å². The minimum absolute atomic E-state index is 0.00859. The van der Waals surface area contributed by atoms with Crippen molar-refractivity contribution in [1.82, 2.24) is 35.4 Å². The van der Waals surface area contributed by atoms with Crippen molar-refractivity contribution in [3.8, 4) is 0 Å². The van der Waals surface area contributed by atoms with Crippen LogP contribution in [0, 0.1) is 0 Å². The number of anilines is 4. The summed E-state index contributed by atoms with van der Waals surface area (Å²) in [5.41, 5.74) is 2.50. The number of benzene rings is 1. The molecule has 3 atom stereocenters. The highest BCUT2D eigenvalue weighted by molar-refractivity contribution is 5.78. The zero-order valence-electron chi connectivity index (χ0n) is 22.8. The third-order valence-electron chi connectivity index (χ3n) is 8.13. The van der Waals surface area contributed by atoms with Gasteiger partial charge in [-0.2, -0.15) is 20.1 Å². The summed E-state index contributed by atoms with van der Waals surface area (Å²) in [5, 5.41) is 24.0. The van der Waals surface area contributed by atoms with Gasteiger partial charge in [-0.25, -0.2) is 4.79 Å². The topological polar surface area (TPSA) is 138 Å². The number of aromatic amines is 1. The summed E-state index contributed by atoms with van der Waals surface area (Å²) in [4.78, 5) is 33.0. The summed E-state index contributed by atoms with van der Waals surface area (Å²) in [7, 11) is 3.76. The number of aliphatic hydroxyl groups excluding tert-OH is 1. The fourth-order valence-corrected chi connectivity index (χ4v) is 5.74. The van der Waals surface area contributed by atoms with E-state index in [9.17, 15) is 9.90 Å². The summed E-state index contributed by atoms with van der Waals surface area (Å²) in [6.45, 7) is 5.29. The summed E-state index contributed by atoms with van der Waals surface area (Å²) in [6.07, 6.45) is 2.83. The number of hydrogen-bond acceptors (Lipinski definition) is 9. The zero-order chi connectivity index (χ0) is 27.3. The van der Waals surface area contributed by atoms with Crippen LogP contribution in [0.15, 0.2) is 30.3 Å². The molecule has 2 aromatic heterocycles. The molecular formula is C27H36N10O2. The van der Waals surface area contributed by atoms with Crippen molar-refractivity contribution in [2.45, 2.75) is 63.2 Å². The van der Waals surface area contributed by atoms with E-state index in [0.29, 0.717) is 36.1 Å². The van der Waals surface area contributed by atoms with Gasteiger partial charge < -0.3 is 30.4 Å². The molecule has 0 unspecified atom stereocenters. The van der Waals surface area contributed by atoms with E-state index in [1.807, 2.05) is 60.8 Å². The summed E-state index contributed by atoms with van der Waals surface area (Å²) in [5.74, 6) is 2.35. The molecule has 3 aromatic rings. The Hall–Kier alpha value is -3.93. The van der Waals surface area contributed by atoms with E-state index in [2.05, 4.69) is 47.9 Å². The van der Waals surface area contributed by atoms with Crippen molar-refractivity contribution < 1.29 is 9.90 Å². The molecule has 6 rings (SSSR count). The first-order chi connectivity index (χ1) is 18.8. The molecule has 1 aromatic carbocycles. The van der Waals surface area contributed by atoms with Crippen LogP contribution in [0.5, 0.6) is 0 Å². The molecule has 4 N–H and O–H groups in total. The first-order valence-electron chi connectivity index (χ1n) is 13.5. The van der Waals surface area contributed by atoms with Crippen LogP contribution in [-0.2, 0) is 12.1 Å². The number of aromatic nitrogens is 5. The lowest BCUT2D eigenvalue weighted by Gasteiger charge is -2.32. The van der Waals surface area contributed by atoms with Gasteiger partial charge in [0.15, 0.2) is 5.82 Å². The van der Waals surface area contributed by atoms with Crippen LogP contribution in [0.1, 0.15) is 55.8 Å². The minimum Gasteiger partial charge on any atom is -0.394 e. The summed E-state index contributed by atoms with van der Waals surface area (Å²) < 4.78 is 0. The average molecular weight is 533 g/mol. The standard InChI is InChI=1S/C27H36N10O2/c1-27(2)21-19(14-37(27)26(39)28-20-13-18(20)16-9-6-5-7-10-16)22(34-33-21)29-23-30-24(35(3)4)32-25(31-23)36-12-8-11-17(36)15-38/h5-7,9-10,17-18,20,38H,8,11-15H2,1-4H3,(H,28,39)(H2,29,30,31,32,33,34)/t17-,18+,20-/m0/s1. The number of aliphatic hydroxyl groups is 1. The second-order valence-corrected chi connectivity index (χ2v) is 11.3. The number of nitrogens with one attached hydrogen (secondary N) is 3. The van der Waals surface area contributed by atoms with E-state index in [1.165, 1.54) is 5.56 Å². The van der Waals surface area contributed by atoms with Crippen LogP contribution in [0.25, 0.3) is 0 Å². The lowest BCUT2D eigenvalue weighted by Crippen LogP contribution is -2.47. The Kier molecular flexibility index (Phi) is 6.29. The molecule has 4 heterocycles. The van der Waals surface area contributed by atoms with Crippen molar-refractivity contribution in [3.05, 3.63) is 47.2 Å². The smallest absolute Gasteiger partial charge is 0.318 e. The van der Waals surface area contributed by atoms with Gasteiger partial charge in [0.1, 0.15) is 0 Å². The maximum atomic E-state index is 13.4. The van der Waals surface area contributed by atoms with Crippen molar-refractivity contribution >= 4 is 29.7 Å². The van der Waals surface area contributed by atoms with E-state index in [1.54, 1.807) is 0 Å². The van der Waals surface area contributed by atoms with Crippen molar-refractivity contribution in [1.29, 1.82) is 0 Å². The second kappa shape index (κ2) is 9.67. The molecule has 2 amide bonds. The van der Waals surface area contributed by atoms with Crippen LogP contribution in [0.3, 0.4) is 0 Å². The van der Waals surface area contributed by atoms with Gasteiger partial charge in [0.25, 0.3) is 0 Å². The molecular weight excluding hydrogens is 496 g/mol. The Morgan fingerprint density at radius 3 is 2.74 bits per heavy atom. The molecule has 2 aliphatic heterocycles. The van der Waals surface area contributed by atoms with E-state index >= 15 is 0 Å². The van der Waals surface area contributed by atoms with Gasteiger partial charge in [-0.1, -0.05) is 30.3 Å². The molecule has 3 aliphatic rings. The number of nitrogens with zero attached hydrogens (tertiary/aromatic N) is 7. The largest absolute Gasteiger partial charge is 0.394 e. The SMILES string of the molecule is CN(C)c1nc(Nc2n[nH]c3c2CN(C(=O)N[C@H]2C[C@@H]2c2ccccc2)C3(C)C)nc(N2CCC[C@H]2CO)n1. The first-order valence-corrected chi connectivity index (χ1v) is 13.5. The first kappa shape index (κ1) is 25.4. The molecule has 12 heteroatoms. The summed E-state index contributed by atoms with van der Waals surface area (Å²) >= 11 is 0. The monoisotopic (exact) mass is 532 g/mol. The van der Waals surface area contributed by atoms with Crippen molar-refractivity contribution in [2.75, 3.05) is 42.4 Å². The van der Waals surface area contributed by atoms with Gasteiger partial charge >= 0.3 is 6.03 Å². The number of amides is 2. The molecule has 1 saturated carbocycles. The Labute approximate surface area is 227 Å². The van der Waals surface area contributed by atoms with Gasteiger partial charge in [-0.3, -0.25) is 5.10 Å². The van der Waals surface area contributed by atoms with E-state index in [-0.39, 0.29) is 24.7 Å². The Morgan fingerprint density at radius 1 is 1.21 bits per heavy atom. The molecule has 0 bridgehead atoms. The fraction of sp³-hybridized carbons (Fsp3) is 0.519. The second-order valence-electron chi connectivity index (χ2n) is 11.3. The molecule has 2 fully saturated rings. The number of rotatable bonds is 7. The predicted molar refractivity (Wildman–Crippen MR) is 148 cm³/mol. The number of carbonyl (C=O) groups is 1. The molecule has 206 valence electrons. The van der Waals surface area contributed by atoms with Crippen LogP contribution in [-0.4, -0.2) is 80.5 Å². The average Bonchev–Trinajstić information content (AvgIpc) is 3.23. The van der Waals surface area contributed by atoms with Crippen LogP contribution >= 0.6 is 0 Å². The fourth-order valence-electron chi connectivity index (χ4n) is 5.74. The number of fused-ring (bicyclic) bond motifs is 1. The van der Waals surface area contributed by atoms with Gasteiger partial charge in [0, 0.05) is 38.2 Å². The van der Waals surface area contributed by atoms with Gasteiger partial charge in [0.05, 0.1) is 30.4 Å². The van der Waals surface area contributed by atoms with Crippen LogP contribution in [0.4, 0.5) is 28.5 Å². The predicted octanol–water partition coefficient (Wildman–Crippen LogP) is 2.68. The minimum atomic E-state index is -0.563. The highest BCUT2D eigenvalue weighted by Gasteiger charge is 2.47. The third-order valence-corrected chi connectivity index (χ3v) is 8.13. The number of H-pyrrole nitrogens is 1. The Balaban J connectivity index is 1.20. The quantitative estimate of drug-likeness (QED) is 0.362. The molecule has 0 spiro atoms. The maximum Gasteiger partial charge on any atom is 0.318 e. The zero-order valence-corrected chi connectivity index (χ0v) is 22.8. The molecule has 0 radical (unpaired) electrons. The number of carbonyl (C=O) groups excluding carboxylic acids is 1. The van der Waals surface area contributed by atoms with Gasteiger partial charge in [-0.05, 0) is 38.7 Å². The number of hydrogen-bond donors (Lipinski definition) is 4. The van der Waals surface area contributed by atoms with Crippen LogP contribution < -0.4 is 20.4 Å². The lowest BCUT2D eigenvalue weighted by molar-refractivity contribution is 0.142. The number of urea groups is 1. The van der Waals surface area contributed by atoms with E-state index in [4.69, 9.17) is 0 Å². The normalized spacial score (nSPS) is 23.1. The molecule has 12 nitrogen and oxygen atoms in total. The Bertz CT molecular complexity index is 1360. The maximum absolute atomic E-state index is 13.4. The summed E-state index contributed by atoms with van der Waals surface area (Å²) in [6, 6.07) is 10.4.